The standard InChI is InChI=1S/C62H50N2O2S/c1-61(2)49-16-8-6-12-43(49)53-45(14-10-18-51(53)61)59-57-58(60(67-59)46-15-11-19-52-54(46)44-13-7-9-17-50(44)62(52,3)4)64-56-42-31-27-39(37-24-28-40(66-5)29-25-37)33-48(42)47-32-38(26-30-41(47)55(56)63-57)36-22-20-35(34-65)21-23-36/h6-33,57-60,65H,34H2,1-5H3. The molecule has 5 heteroatoms. The Balaban J connectivity index is 1.08. The Morgan fingerprint density at radius 1 is 0.478 bits per heavy atom. The van der Waals surface area contributed by atoms with Gasteiger partial charge in [-0.15, -0.1) is 11.8 Å². The van der Waals surface area contributed by atoms with Gasteiger partial charge in [0, 0.05) is 21.6 Å². The molecule has 9 aromatic carbocycles. The second-order valence-corrected chi connectivity index (χ2v) is 21.2. The fourth-order valence-corrected chi connectivity index (χ4v) is 14.0. The third-order valence-electron chi connectivity index (χ3n) is 15.7. The van der Waals surface area contributed by atoms with Crippen LogP contribution >= 0.6 is 11.8 Å². The van der Waals surface area contributed by atoms with E-state index in [-0.39, 0.29) is 40.0 Å². The number of rotatable bonds is 6. The summed E-state index contributed by atoms with van der Waals surface area (Å²) in [5.41, 5.74) is 18.9. The molecule has 0 aromatic heterocycles. The van der Waals surface area contributed by atoms with Gasteiger partial charge in [0.15, 0.2) is 0 Å². The fourth-order valence-electron chi connectivity index (χ4n) is 12.2. The van der Waals surface area contributed by atoms with Gasteiger partial charge in [-0.05, 0) is 118 Å². The minimum atomic E-state index is -0.115. The molecule has 0 radical (unpaired) electrons. The Morgan fingerprint density at radius 3 is 1.37 bits per heavy atom. The predicted octanol–water partition coefficient (Wildman–Crippen LogP) is 13.7. The molecule has 4 aliphatic rings. The van der Waals surface area contributed by atoms with Crippen LogP contribution in [-0.4, -0.2) is 24.3 Å². The minimum Gasteiger partial charge on any atom is -0.497 e. The molecule has 67 heavy (non-hydrogen) atoms. The van der Waals surface area contributed by atoms with Gasteiger partial charge in [-0.1, -0.05) is 173 Å². The Morgan fingerprint density at radius 2 is 0.910 bits per heavy atom. The normalized spacial score (nSPS) is 20.0. The van der Waals surface area contributed by atoms with Crippen LogP contribution in [0.25, 0.3) is 66.1 Å². The number of hydrogen-bond acceptors (Lipinski definition) is 5. The second-order valence-electron chi connectivity index (χ2n) is 19.9. The van der Waals surface area contributed by atoms with Gasteiger partial charge in [-0.2, -0.15) is 0 Å². The summed E-state index contributed by atoms with van der Waals surface area (Å²) in [5.74, 6) is 0.836. The van der Waals surface area contributed by atoms with Crippen LogP contribution in [0.3, 0.4) is 0 Å². The smallest absolute Gasteiger partial charge is 0.118 e. The first kappa shape index (κ1) is 40.5. The highest BCUT2D eigenvalue weighted by atomic mass is 32.2. The lowest BCUT2D eigenvalue weighted by atomic mass is 9.81. The van der Waals surface area contributed by atoms with Crippen LogP contribution in [0.5, 0.6) is 5.75 Å². The molecule has 0 bridgehead atoms. The summed E-state index contributed by atoms with van der Waals surface area (Å²) in [6.45, 7) is 9.54. The lowest BCUT2D eigenvalue weighted by molar-refractivity contribution is 0.282. The van der Waals surface area contributed by atoms with E-state index in [9.17, 15) is 5.11 Å². The SMILES string of the molecule is COc1ccc(-c2ccc3c4c(c5ccc(-c6ccc(CO)cc6)cc5c3c2)=NC2C(c3cccc5c3-c3ccccc3C5(C)C)SC(c3cccc5c3-c3ccccc3C5(C)C)C2N=4)cc1. The van der Waals surface area contributed by atoms with Crippen molar-refractivity contribution in [2.75, 3.05) is 7.11 Å². The molecule has 0 spiro atoms. The van der Waals surface area contributed by atoms with Crippen molar-refractivity contribution < 1.29 is 9.84 Å². The van der Waals surface area contributed by atoms with E-state index in [1.165, 1.54) is 55.6 Å². The number of hydrogen-bond donors (Lipinski definition) is 1. The van der Waals surface area contributed by atoms with Gasteiger partial charge in [0.1, 0.15) is 5.75 Å². The third-order valence-corrected chi connectivity index (χ3v) is 17.3. The van der Waals surface area contributed by atoms with Gasteiger partial charge < -0.3 is 9.84 Å². The van der Waals surface area contributed by atoms with Crippen LogP contribution in [0.4, 0.5) is 0 Å². The maximum Gasteiger partial charge on any atom is 0.118 e. The number of ether oxygens (including phenoxy) is 1. The highest BCUT2D eigenvalue weighted by Gasteiger charge is 2.50. The largest absolute Gasteiger partial charge is 0.497 e. The number of benzene rings is 9. The maximum atomic E-state index is 9.84. The van der Waals surface area contributed by atoms with E-state index in [1.807, 2.05) is 24.3 Å². The van der Waals surface area contributed by atoms with Crippen LogP contribution < -0.4 is 15.5 Å². The van der Waals surface area contributed by atoms with Crippen molar-refractivity contribution >= 4 is 33.3 Å². The molecule has 0 amide bonds. The van der Waals surface area contributed by atoms with Crippen molar-refractivity contribution in [2.45, 2.75) is 67.7 Å². The van der Waals surface area contributed by atoms with Gasteiger partial charge in [0.25, 0.3) is 0 Å². The molecule has 13 rings (SSSR count). The summed E-state index contributed by atoms with van der Waals surface area (Å²) in [7, 11) is 1.71. The summed E-state index contributed by atoms with van der Waals surface area (Å²) < 4.78 is 5.54. The average molecular weight is 887 g/mol. The van der Waals surface area contributed by atoms with Crippen LogP contribution in [-0.2, 0) is 17.4 Å². The molecule has 4 unspecified atom stereocenters. The molecule has 0 saturated carbocycles. The maximum absolute atomic E-state index is 9.84. The first-order valence-corrected chi connectivity index (χ1v) is 24.5. The molecule has 4 atom stereocenters. The topological polar surface area (TPSA) is 54.2 Å². The monoisotopic (exact) mass is 886 g/mol. The van der Waals surface area contributed by atoms with Crippen molar-refractivity contribution in [1.29, 1.82) is 0 Å². The van der Waals surface area contributed by atoms with Crippen LogP contribution in [0.15, 0.2) is 180 Å². The lowest BCUT2D eigenvalue weighted by Gasteiger charge is -2.26. The second kappa shape index (κ2) is 14.9. The van der Waals surface area contributed by atoms with Crippen LogP contribution in [0.2, 0.25) is 0 Å². The Kier molecular flexibility index (Phi) is 8.98. The highest BCUT2D eigenvalue weighted by Crippen LogP contribution is 2.62. The molecule has 2 aliphatic heterocycles. The number of methoxy groups -OCH3 is 1. The van der Waals surface area contributed by atoms with Crippen LogP contribution in [0.1, 0.15) is 77.1 Å². The third kappa shape index (κ3) is 5.90. The van der Waals surface area contributed by atoms with Gasteiger partial charge in [0.05, 0.1) is 47.0 Å². The molecule has 1 N–H and O–H groups in total. The van der Waals surface area contributed by atoms with Crippen molar-refractivity contribution in [3.8, 4) is 50.3 Å². The Hall–Kier alpha value is -6.79. The number of aliphatic hydroxyl groups is 1. The molecule has 2 heterocycles. The van der Waals surface area contributed by atoms with Gasteiger partial charge in [-0.3, -0.25) is 9.98 Å². The van der Waals surface area contributed by atoms with E-state index in [0.29, 0.717) is 0 Å². The number of thioether (sulfide) groups is 1. The number of nitrogens with zero attached hydrogens (tertiary/aromatic N) is 2. The molecule has 1 saturated heterocycles. The van der Waals surface area contributed by atoms with Crippen molar-refractivity contribution in [3.05, 3.63) is 220 Å². The lowest BCUT2D eigenvalue weighted by Crippen LogP contribution is -2.40. The number of fused-ring (bicyclic) bond motifs is 13. The quantitative estimate of drug-likeness (QED) is 0.169. The average Bonchev–Trinajstić information content (AvgIpc) is 3.95. The summed E-state index contributed by atoms with van der Waals surface area (Å²) in [6.07, 6.45) is 0. The molecular formula is C62H50N2O2S. The first-order chi connectivity index (χ1) is 32.6. The van der Waals surface area contributed by atoms with Gasteiger partial charge in [-0.25, -0.2) is 0 Å². The van der Waals surface area contributed by atoms with Crippen molar-refractivity contribution in [1.82, 2.24) is 0 Å². The van der Waals surface area contributed by atoms with Crippen LogP contribution in [0, 0.1) is 0 Å². The van der Waals surface area contributed by atoms with Gasteiger partial charge >= 0.3 is 0 Å². The molecule has 4 nitrogen and oxygen atoms in total. The summed E-state index contributed by atoms with van der Waals surface area (Å²) in [6, 6.07) is 62.2. The molecule has 2 aliphatic carbocycles. The van der Waals surface area contributed by atoms with E-state index in [1.54, 1.807) is 7.11 Å². The van der Waals surface area contributed by atoms with Crippen molar-refractivity contribution in [3.63, 3.8) is 0 Å². The first-order valence-electron chi connectivity index (χ1n) is 23.6. The van der Waals surface area contributed by atoms with E-state index < -0.39 is 0 Å². The van der Waals surface area contributed by atoms with E-state index >= 15 is 0 Å². The minimum absolute atomic E-state index is 0.0182. The summed E-state index contributed by atoms with van der Waals surface area (Å²) >= 11 is 2.08. The number of aliphatic hydroxyl groups excluding tert-OH is 1. The zero-order chi connectivity index (χ0) is 45.3. The summed E-state index contributed by atoms with van der Waals surface area (Å²) in [4.78, 5) is 12.1. The molecule has 9 aromatic rings. The molecular weight excluding hydrogens is 837 g/mol. The Bertz CT molecular complexity index is 3420. The zero-order valence-corrected chi connectivity index (χ0v) is 39.2. The van der Waals surface area contributed by atoms with E-state index in [0.717, 1.165) is 65.8 Å². The Labute approximate surface area is 395 Å². The molecule has 1 fully saturated rings. The molecule has 326 valence electrons. The fraction of sp³-hybridized carbons (Fsp3) is 0.194. The van der Waals surface area contributed by atoms with E-state index in [2.05, 4.69) is 185 Å². The summed E-state index contributed by atoms with van der Waals surface area (Å²) in [5, 5.41) is 16.4. The zero-order valence-electron chi connectivity index (χ0n) is 38.3. The predicted molar refractivity (Wildman–Crippen MR) is 276 cm³/mol. The van der Waals surface area contributed by atoms with E-state index in [4.69, 9.17) is 14.7 Å². The highest BCUT2D eigenvalue weighted by molar-refractivity contribution is 8.00. The van der Waals surface area contributed by atoms with Gasteiger partial charge in [0.2, 0.25) is 0 Å². The van der Waals surface area contributed by atoms with Crippen molar-refractivity contribution in [2.24, 2.45) is 9.98 Å².